The Morgan fingerprint density at radius 2 is 1.74 bits per heavy atom. The van der Waals surface area contributed by atoms with Gasteiger partial charge in [0.1, 0.15) is 22.7 Å². The molecule has 10 heteroatoms. The van der Waals surface area contributed by atoms with Crippen LogP contribution in [-0.4, -0.2) is 46.7 Å². The summed E-state index contributed by atoms with van der Waals surface area (Å²) in [7, 11) is 3.65. The normalized spacial score (nSPS) is 31.3. The van der Waals surface area contributed by atoms with Crippen LogP contribution in [0.4, 0.5) is 10.1 Å². The van der Waals surface area contributed by atoms with E-state index in [0.29, 0.717) is 37.1 Å². The number of aromatic nitrogens is 4. The highest BCUT2D eigenvalue weighted by molar-refractivity contribution is 6.31. The van der Waals surface area contributed by atoms with E-state index in [1.807, 2.05) is 19.3 Å². The topological polar surface area (TPSA) is 105 Å². The Balaban J connectivity index is 1.09. The van der Waals surface area contributed by atoms with Crippen LogP contribution in [0.2, 0.25) is 5.02 Å². The van der Waals surface area contributed by atoms with Crippen molar-refractivity contribution in [2.75, 3.05) is 5.32 Å². The Hall–Kier alpha value is -3.19. The van der Waals surface area contributed by atoms with Crippen LogP contribution in [0, 0.1) is 29.5 Å². The van der Waals surface area contributed by atoms with Gasteiger partial charge in [-0.1, -0.05) is 23.4 Å². The van der Waals surface area contributed by atoms with Crippen molar-refractivity contribution in [2.24, 2.45) is 25.9 Å². The first-order valence-corrected chi connectivity index (χ1v) is 13.6. The van der Waals surface area contributed by atoms with E-state index in [2.05, 4.69) is 27.2 Å². The fourth-order valence-corrected chi connectivity index (χ4v) is 6.91. The summed E-state index contributed by atoms with van der Waals surface area (Å²) in [5.41, 5.74) is 0.376. The minimum atomic E-state index is -1.11. The molecule has 39 heavy (non-hydrogen) atoms. The van der Waals surface area contributed by atoms with Gasteiger partial charge in [-0.25, -0.2) is 9.37 Å². The number of nitrogens with zero attached hydrogens (tertiary/aromatic N) is 4. The number of carbonyl (C=O) groups excluding carboxylic acids is 1. The van der Waals surface area contributed by atoms with E-state index in [4.69, 9.17) is 11.6 Å². The molecule has 3 saturated carbocycles. The van der Waals surface area contributed by atoms with Gasteiger partial charge in [0.2, 0.25) is 0 Å². The van der Waals surface area contributed by atoms with Gasteiger partial charge in [0.15, 0.2) is 0 Å². The van der Waals surface area contributed by atoms with E-state index in [9.17, 15) is 19.4 Å². The molecular weight excluding hydrogens is 521 g/mol. The molecule has 0 radical (unpaired) electrons. The number of rotatable bonds is 4. The zero-order valence-corrected chi connectivity index (χ0v) is 22.6. The molecule has 2 heterocycles. The maximum atomic E-state index is 13.5. The van der Waals surface area contributed by atoms with Crippen molar-refractivity contribution < 1.29 is 19.4 Å². The number of carbonyl (C=O) groups is 1. The molecule has 6 rings (SSSR count). The van der Waals surface area contributed by atoms with Gasteiger partial charge in [-0.05, 0) is 74.6 Å². The highest BCUT2D eigenvalue weighted by Gasteiger charge is 2.50. The molecule has 1 aromatic carbocycles. The first kappa shape index (κ1) is 26.1. The first-order valence-electron chi connectivity index (χ1n) is 13.3. The number of imidazole rings is 1. The standard InChI is InChI=1S/C29H31ClFN5O3/c1-35-16-32-25(26(35)27(37)33-21-3-4-23(31)22(30)11-21)17-9-18-12-28(38,13-19(18)10-17)6-7-29(39)14-20(15-29)24-5-8-36(2)34-24/h3-5,8,11,16-20,38-39H,9-10,12-15H2,1-2H3,(H,33,37). The van der Waals surface area contributed by atoms with Crippen LogP contribution >= 0.6 is 11.6 Å². The molecule has 3 N–H and O–H groups in total. The quantitative estimate of drug-likeness (QED) is 0.423. The lowest BCUT2D eigenvalue weighted by atomic mass is 9.69. The number of halogens is 2. The van der Waals surface area contributed by atoms with E-state index in [0.717, 1.165) is 24.2 Å². The van der Waals surface area contributed by atoms with E-state index in [1.165, 1.54) is 18.2 Å². The summed E-state index contributed by atoms with van der Waals surface area (Å²) in [4.78, 5) is 17.7. The molecule has 8 nitrogen and oxygen atoms in total. The van der Waals surface area contributed by atoms with Gasteiger partial charge in [0.05, 0.1) is 22.7 Å². The van der Waals surface area contributed by atoms with Crippen molar-refractivity contribution in [3.8, 4) is 11.8 Å². The van der Waals surface area contributed by atoms with E-state index in [1.54, 1.807) is 22.6 Å². The summed E-state index contributed by atoms with van der Waals surface area (Å²) < 4.78 is 17.0. The molecule has 0 aliphatic heterocycles. The van der Waals surface area contributed by atoms with Gasteiger partial charge in [-0.2, -0.15) is 5.10 Å². The Kier molecular flexibility index (Phi) is 6.33. The molecule has 1 amide bonds. The summed E-state index contributed by atoms with van der Waals surface area (Å²) in [5.74, 6) is 5.96. The fourth-order valence-electron chi connectivity index (χ4n) is 6.73. The maximum Gasteiger partial charge on any atom is 0.274 e. The summed E-state index contributed by atoms with van der Waals surface area (Å²) >= 11 is 5.87. The smallest absolute Gasteiger partial charge is 0.274 e. The highest BCUT2D eigenvalue weighted by atomic mass is 35.5. The van der Waals surface area contributed by atoms with Crippen molar-refractivity contribution in [3.63, 3.8) is 0 Å². The van der Waals surface area contributed by atoms with Crippen LogP contribution in [0.25, 0.3) is 0 Å². The van der Waals surface area contributed by atoms with Crippen LogP contribution in [0.15, 0.2) is 36.8 Å². The van der Waals surface area contributed by atoms with Crippen molar-refractivity contribution in [1.82, 2.24) is 19.3 Å². The lowest BCUT2D eigenvalue weighted by molar-refractivity contribution is 0.00339. The van der Waals surface area contributed by atoms with Gasteiger partial charge in [-0.3, -0.25) is 9.48 Å². The number of aryl methyl sites for hydroxylation is 2. The van der Waals surface area contributed by atoms with Gasteiger partial charge in [0.25, 0.3) is 5.91 Å². The number of fused-ring (bicyclic) bond motifs is 1. The van der Waals surface area contributed by atoms with E-state index in [-0.39, 0.29) is 34.6 Å². The average molecular weight is 552 g/mol. The second-order valence-electron chi connectivity index (χ2n) is 11.6. The third kappa shape index (κ3) is 4.97. The largest absolute Gasteiger partial charge is 0.378 e. The molecule has 2 aromatic heterocycles. The summed E-state index contributed by atoms with van der Waals surface area (Å²) in [6, 6.07) is 6.03. The number of hydrogen-bond acceptors (Lipinski definition) is 5. The van der Waals surface area contributed by atoms with Crippen LogP contribution in [0.5, 0.6) is 0 Å². The van der Waals surface area contributed by atoms with Gasteiger partial charge >= 0.3 is 0 Å². The number of anilines is 1. The zero-order chi connectivity index (χ0) is 27.5. The molecule has 3 aromatic rings. The Bertz CT molecular complexity index is 1480. The van der Waals surface area contributed by atoms with Crippen LogP contribution < -0.4 is 5.32 Å². The predicted octanol–water partition coefficient (Wildman–Crippen LogP) is 4.15. The van der Waals surface area contributed by atoms with Crippen LogP contribution in [-0.2, 0) is 14.1 Å². The molecule has 2 unspecified atom stereocenters. The second kappa shape index (κ2) is 9.47. The summed E-state index contributed by atoms with van der Waals surface area (Å²) in [6.45, 7) is 0. The Morgan fingerprint density at radius 1 is 1.08 bits per heavy atom. The predicted molar refractivity (Wildman–Crippen MR) is 144 cm³/mol. The molecule has 3 fully saturated rings. The number of amides is 1. The molecule has 0 saturated heterocycles. The molecule has 2 atom stereocenters. The minimum absolute atomic E-state index is 0.0605. The third-order valence-corrected chi connectivity index (χ3v) is 8.92. The first-order chi connectivity index (χ1) is 18.5. The minimum Gasteiger partial charge on any atom is -0.378 e. The number of aliphatic hydroxyl groups is 2. The van der Waals surface area contributed by atoms with Gasteiger partial charge < -0.3 is 20.1 Å². The third-order valence-electron chi connectivity index (χ3n) is 8.63. The van der Waals surface area contributed by atoms with Crippen molar-refractivity contribution in [1.29, 1.82) is 0 Å². The molecule has 3 aliphatic rings. The van der Waals surface area contributed by atoms with E-state index >= 15 is 0 Å². The molecule has 3 aliphatic carbocycles. The number of hydrogen-bond donors (Lipinski definition) is 3. The second-order valence-corrected chi connectivity index (χ2v) is 12.0. The van der Waals surface area contributed by atoms with E-state index < -0.39 is 17.0 Å². The van der Waals surface area contributed by atoms with Crippen LogP contribution in [0.1, 0.15) is 72.2 Å². The maximum absolute atomic E-state index is 13.5. The number of nitrogens with one attached hydrogen (secondary N) is 1. The Labute approximate surface area is 231 Å². The average Bonchev–Trinajstić information content (AvgIpc) is 3.61. The van der Waals surface area contributed by atoms with Gasteiger partial charge in [0, 0.05) is 37.8 Å². The van der Waals surface area contributed by atoms with Gasteiger partial charge in [-0.15, -0.1) is 0 Å². The van der Waals surface area contributed by atoms with Crippen molar-refractivity contribution >= 4 is 23.2 Å². The zero-order valence-electron chi connectivity index (χ0n) is 21.9. The molecule has 0 spiro atoms. The number of benzene rings is 1. The van der Waals surface area contributed by atoms with Crippen LogP contribution in [0.3, 0.4) is 0 Å². The SMILES string of the molecule is Cn1ccc(C2CC(O)(C#CC3(O)CC4CC(c5ncn(C)c5C(=O)Nc5ccc(F)c(Cl)c5)CC4C3)C2)n1. The molecular formula is C29H31ClFN5O3. The molecule has 204 valence electrons. The monoisotopic (exact) mass is 551 g/mol. The lowest BCUT2D eigenvalue weighted by Gasteiger charge is -2.39. The molecule has 0 bridgehead atoms. The summed E-state index contributed by atoms with van der Waals surface area (Å²) in [6.07, 6.45) is 7.28. The van der Waals surface area contributed by atoms with Crippen molar-refractivity contribution in [3.05, 3.63) is 64.7 Å². The van der Waals surface area contributed by atoms with Crippen molar-refractivity contribution in [2.45, 2.75) is 61.6 Å². The fraction of sp³-hybridized carbons (Fsp3) is 0.483. The lowest BCUT2D eigenvalue weighted by Crippen LogP contribution is -2.42. The highest BCUT2D eigenvalue weighted by Crippen LogP contribution is 2.54. The Morgan fingerprint density at radius 3 is 2.36 bits per heavy atom. The summed E-state index contributed by atoms with van der Waals surface area (Å²) in [5, 5.41) is 29.3.